The Bertz CT molecular complexity index is 1550. The molecule has 0 saturated carbocycles. The summed E-state index contributed by atoms with van der Waals surface area (Å²) in [6, 6.07) is 12.2. The molecule has 0 fully saturated rings. The first-order valence-corrected chi connectivity index (χ1v) is 13.0. The first-order valence-electron chi connectivity index (χ1n) is 10.1. The minimum Gasteiger partial charge on any atom is -0.476 e. The van der Waals surface area contributed by atoms with Crippen LogP contribution in [0.15, 0.2) is 61.7 Å². The number of hydrogen-bond acceptors (Lipinski definition) is 5. The predicted octanol–water partition coefficient (Wildman–Crippen LogP) is 6.30. The minimum atomic E-state index is -1.10. The Labute approximate surface area is 219 Å². The van der Waals surface area contributed by atoms with Crippen molar-refractivity contribution in [3.05, 3.63) is 111 Å². The number of rotatable bonds is 4. The van der Waals surface area contributed by atoms with Gasteiger partial charge >= 0.3 is 11.7 Å². The molecule has 0 spiro atoms. The summed E-state index contributed by atoms with van der Waals surface area (Å²) in [6.45, 7) is 0.140. The van der Waals surface area contributed by atoms with Crippen LogP contribution >= 0.6 is 55.4 Å². The van der Waals surface area contributed by atoms with Crippen molar-refractivity contribution in [2.75, 3.05) is 0 Å². The van der Waals surface area contributed by atoms with E-state index in [-0.39, 0.29) is 23.8 Å². The number of aromatic nitrogens is 3. The Hall–Kier alpha value is -2.66. The van der Waals surface area contributed by atoms with Gasteiger partial charge in [-0.05, 0) is 46.5 Å². The Morgan fingerprint density at radius 2 is 1.71 bits per heavy atom. The molecule has 10 heteroatoms. The molecule has 2 N–H and O–H groups in total. The fraction of sp³-hybridized carbons (Fsp3) is 0.0833. The number of fused-ring (bicyclic) bond motifs is 2. The highest BCUT2D eigenvalue weighted by Gasteiger charge is 2.26. The Morgan fingerprint density at radius 1 is 1.09 bits per heavy atom. The van der Waals surface area contributed by atoms with E-state index >= 15 is 0 Å². The van der Waals surface area contributed by atoms with E-state index < -0.39 is 5.97 Å². The summed E-state index contributed by atoms with van der Waals surface area (Å²) in [6.07, 6.45) is 5.92. The van der Waals surface area contributed by atoms with E-state index in [9.17, 15) is 9.59 Å². The van der Waals surface area contributed by atoms with E-state index in [0.717, 1.165) is 36.8 Å². The summed E-state index contributed by atoms with van der Waals surface area (Å²) in [5, 5.41) is 11.2. The monoisotopic (exact) mass is 615 g/mol. The largest absolute Gasteiger partial charge is 0.476 e. The molecule has 2 aromatic heterocycles. The molecule has 4 aromatic rings. The molecule has 2 heterocycles. The van der Waals surface area contributed by atoms with Crippen molar-refractivity contribution in [3.8, 4) is 0 Å². The first-order chi connectivity index (χ1) is 16.3. The third-order valence-corrected chi connectivity index (χ3v) is 7.75. The van der Waals surface area contributed by atoms with Crippen LogP contribution in [-0.2, 0) is 6.54 Å². The van der Waals surface area contributed by atoms with E-state index in [2.05, 4.69) is 78.2 Å². The number of benzene rings is 2. The lowest BCUT2D eigenvalue weighted by Gasteiger charge is -2.22. The van der Waals surface area contributed by atoms with Crippen LogP contribution in [0.2, 0.25) is 0 Å². The van der Waals surface area contributed by atoms with Crippen LogP contribution < -0.4 is 5.69 Å². The highest BCUT2D eigenvalue weighted by molar-refractivity contribution is 9.10. The fourth-order valence-corrected chi connectivity index (χ4v) is 5.85. The number of thiazole rings is 1. The third-order valence-electron chi connectivity index (χ3n) is 5.59. The number of aromatic amines is 1. The van der Waals surface area contributed by atoms with Crippen LogP contribution in [0.5, 0.6) is 0 Å². The van der Waals surface area contributed by atoms with Gasteiger partial charge < -0.3 is 5.11 Å². The van der Waals surface area contributed by atoms with Crippen LogP contribution in [0.1, 0.15) is 49.2 Å². The topological polar surface area (TPSA) is 88.0 Å². The van der Waals surface area contributed by atoms with Crippen LogP contribution in [0.4, 0.5) is 0 Å². The van der Waals surface area contributed by atoms with Crippen LogP contribution in [0.3, 0.4) is 0 Å². The minimum absolute atomic E-state index is 0.0361. The standard InChI is InChI=1S/C24H15Br2N3O3S2/c25-14-3-5-16-12(7-14)1-2-13-8-15(26)4-6-17(13)21(16)18-9-29(24(32)28-22(18)33)10-20-27-19(11-34-20)23(30)31/h1-9,11,21H,10H2,(H,30,31)(H,28,32,33). The quantitative estimate of drug-likeness (QED) is 0.231. The maximum atomic E-state index is 12.7. The molecule has 0 unspecified atom stereocenters. The molecule has 170 valence electrons. The molecule has 0 atom stereocenters. The summed E-state index contributed by atoms with van der Waals surface area (Å²) in [5.41, 5.74) is 4.58. The molecule has 5 rings (SSSR count). The lowest BCUT2D eigenvalue weighted by molar-refractivity contribution is 0.0691. The number of nitrogens with zero attached hydrogens (tertiary/aromatic N) is 2. The van der Waals surface area contributed by atoms with Crippen molar-refractivity contribution in [3.63, 3.8) is 0 Å². The van der Waals surface area contributed by atoms with Gasteiger partial charge in [0.05, 0.1) is 6.54 Å². The Balaban J connectivity index is 1.69. The zero-order valence-corrected chi connectivity index (χ0v) is 22.1. The van der Waals surface area contributed by atoms with Crippen molar-refractivity contribution in [2.24, 2.45) is 0 Å². The number of halogens is 2. The molecular formula is C24H15Br2N3O3S2. The fourth-order valence-electron chi connectivity index (χ4n) is 4.06. The molecule has 34 heavy (non-hydrogen) atoms. The van der Waals surface area contributed by atoms with Gasteiger partial charge in [0.25, 0.3) is 0 Å². The molecule has 0 amide bonds. The molecule has 6 nitrogen and oxygen atoms in total. The molecule has 1 aliphatic rings. The number of nitrogens with one attached hydrogen (secondary N) is 1. The molecule has 2 aromatic carbocycles. The van der Waals surface area contributed by atoms with Gasteiger partial charge in [0.2, 0.25) is 0 Å². The van der Waals surface area contributed by atoms with Crippen molar-refractivity contribution >= 4 is 73.5 Å². The second-order valence-electron chi connectivity index (χ2n) is 7.72. The van der Waals surface area contributed by atoms with Crippen molar-refractivity contribution < 1.29 is 9.90 Å². The van der Waals surface area contributed by atoms with Crippen LogP contribution in [-0.4, -0.2) is 25.6 Å². The second-order valence-corrected chi connectivity index (χ2v) is 10.9. The van der Waals surface area contributed by atoms with E-state index in [1.165, 1.54) is 21.3 Å². The molecule has 0 saturated heterocycles. The normalized spacial score (nSPS) is 12.8. The van der Waals surface area contributed by atoms with Gasteiger partial charge in [-0.1, -0.05) is 68.4 Å². The number of carboxylic acids is 1. The summed E-state index contributed by atoms with van der Waals surface area (Å²) >= 11 is 14.0. The van der Waals surface area contributed by atoms with Crippen molar-refractivity contribution in [1.82, 2.24) is 14.5 Å². The SMILES string of the molecule is O=C(O)c1csc(Cn2cc(C3c4ccc(Br)cc4C=Cc4cc(Br)ccc43)c(=S)[nH]c2=O)n1. The average molecular weight is 617 g/mol. The molecule has 0 radical (unpaired) electrons. The summed E-state index contributed by atoms with van der Waals surface area (Å²) in [7, 11) is 0. The van der Waals surface area contributed by atoms with E-state index in [1.54, 1.807) is 6.20 Å². The predicted molar refractivity (Wildman–Crippen MR) is 142 cm³/mol. The summed E-state index contributed by atoms with van der Waals surface area (Å²) in [4.78, 5) is 30.9. The summed E-state index contributed by atoms with van der Waals surface area (Å²) < 4.78 is 3.79. The number of hydrogen-bond donors (Lipinski definition) is 2. The third kappa shape index (κ3) is 4.38. The van der Waals surface area contributed by atoms with Crippen LogP contribution in [0, 0.1) is 4.64 Å². The van der Waals surface area contributed by atoms with Gasteiger partial charge in [0, 0.05) is 32.0 Å². The highest BCUT2D eigenvalue weighted by atomic mass is 79.9. The average Bonchev–Trinajstić information content (AvgIpc) is 3.20. The van der Waals surface area contributed by atoms with E-state index in [1.807, 2.05) is 12.1 Å². The molecule has 0 aliphatic heterocycles. The maximum absolute atomic E-state index is 12.7. The van der Waals surface area contributed by atoms with E-state index in [0.29, 0.717) is 9.65 Å². The van der Waals surface area contributed by atoms with Gasteiger partial charge in [0.15, 0.2) is 5.69 Å². The van der Waals surface area contributed by atoms with Gasteiger partial charge in [-0.15, -0.1) is 11.3 Å². The first kappa shape index (κ1) is 23.1. The molecule has 0 bridgehead atoms. The summed E-state index contributed by atoms with van der Waals surface area (Å²) in [5.74, 6) is -1.32. The zero-order valence-electron chi connectivity index (χ0n) is 17.3. The molecular weight excluding hydrogens is 602 g/mol. The number of H-pyrrole nitrogens is 1. The number of carbonyl (C=O) groups is 1. The Kier molecular flexibility index (Phi) is 6.24. The smallest absolute Gasteiger partial charge is 0.355 e. The van der Waals surface area contributed by atoms with E-state index in [4.69, 9.17) is 17.3 Å². The highest BCUT2D eigenvalue weighted by Crippen LogP contribution is 2.40. The lowest BCUT2D eigenvalue weighted by Crippen LogP contribution is -2.25. The second kappa shape index (κ2) is 9.18. The van der Waals surface area contributed by atoms with Gasteiger partial charge in [0.1, 0.15) is 9.65 Å². The maximum Gasteiger partial charge on any atom is 0.355 e. The van der Waals surface area contributed by atoms with Crippen molar-refractivity contribution in [2.45, 2.75) is 12.5 Å². The lowest BCUT2D eigenvalue weighted by atomic mass is 9.83. The zero-order chi connectivity index (χ0) is 24.0. The van der Waals surface area contributed by atoms with Gasteiger partial charge in [-0.2, -0.15) is 0 Å². The Morgan fingerprint density at radius 3 is 2.26 bits per heavy atom. The van der Waals surface area contributed by atoms with Crippen LogP contribution in [0.25, 0.3) is 12.2 Å². The number of aromatic carboxylic acids is 1. The molecule has 1 aliphatic carbocycles. The number of carboxylic acid groups (broad SMARTS) is 1. The van der Waals surface area contributed by atoms with Crippen molar-refractivity contribution in [1.29, 1.82) is 0 Å². The van der Waals surface area contributed by atoms with Gasteiger partial charge in [-0.25, -0.2) is 14.6 Å². The van der Waals surface area contributed by atoms with Gasteiger partial charge in [-0.3, -0.25) is 9.55 Å².